The summed E-state index contributed by atoms with van der Waals surface area (Å²) in [6.07, 6.45) is -0.770. The molecule has 1 aliphatic rings. The molecule has 1 saturated heterocycles. The number of nitrogens with zero attached hydrogens (tertiary/aromatic N) is 1. The van der Waals surface area contributed by atoms with Crippen molar-refractivity contribution < 1.29 is 46.1 Å². The number of hydrogen-bond acceptors (Lipinski definition) is 6. The second-order valence-electron chi connectivity index (χ2n) is 7.75. The highest BCUT2D eigenvalue weighted by atomic mass is 32.2. The monoisotopic (exact) mass is 532 g/mol. The van der Waals surface area contributed by atoms with Crippen molar-refractivity contribution in [1.29, 1.82) is 0 Å². The quantitative estimate of drug-likeness (QED) is 0.471. The van der Waals surface area contributed by atoms with Gasteiger partial charge in [0.2, 0.25) is 0 Å². The molecule has 0 spiro atoms. The Kier molecular flexibility index (Phi) is 9.96. The van der Waals surface area contributed by atoms with Gasteiger partial charge in [0.25, 0.3) is 10.0 Å². The standard InChI is InChI=1S/C21H26N2O5S.C2HF3O2/c1-2-28-17-8-10-18(11-9-17)29(26,27)22-16-7-12-20(19(15-16)21(24)25)23-13-5-3-4-6-14-23;3-2(4,5)1(6)7/h7-12,15,22H,2-6,13-14H2,1H3,(H,24,25);(H,6,7). The van der Waals surface area contributed by atoms with Gasteiger partial charge in [-0.1, -0.05) is 12.8 Å². The average Bonchev–Trinajstić information content (AvgIpc) is 3.09. The largest absolute Gasteiger partial charge is 0.494 e. The molecule has 0 bridgehead atoms. The number of anilines is 2. The van der Waals surface area contributed by atoms with Gasteiger partial charge in [-0.3, -0.25) is 4.72 Å². The molecule has 0 radical (unpaired) electrons. The summed E-state index contributed by atoms with van der Waals surface area (Å²) in [7, 11) is -3.84. The minimum absolute atomic E-state index is 0.0782. The Morgan fingerprint density at radius 2 is 1.56 bits per heavy atom. The predicted molar refractivity (Wildman–Crippen MR) is 126 cm³/mol. The van der Waals surface area contributed by atoms with E-state index in [4.69, 9.17) is 14.6 Å². The van der Waals surface area contributed by atoms with Gasteiger partial charge in [0.05, 0.1) is 22.8 Å². The fourth-order valence-corrected chi connectivity index (χ4v) is 4.50. The van der Waals surface area contributed by atoms with Crippen molar-refractivity contribution in [2.24, 2.45) is 0 Å². The Morgan fingerprint density at radius 3 is 2.03 bits per heavy atom. The number of alkyl halides is 3. The smallest absolute Gasteiger partial charge is 0.490 e. The number of aromatic carboxylic acids is 1. The van der Waals surface area contributed by atoms with Crippen LogP contribution in [-0.2, 0) is 14.8 Å². The second-order valence-corrected chi connectivity index (χ2v) is 9.43. The number of sulfonamides is 1. The molecule has 2 aromatic rings. The summed E-state index contributed by atoms with van der Waals surface area (Å²) >= 11 is 0. The zero-order valence-corrected chi connectivity index (χ0v) is 20.2. The topological polar surface area (TPSA) is 133 Å². The number of halogens is 3. The van der Waals surface area contributed by atoms with E-state index in [9.17, 15) is 31.5 Å². The molecule has 198 valence electrons. The molecule has 1 fully saturated rings. The number of aliphatic carboxylic acids is 1. The van der Waals surface area contributed by atoms with Crippen LogP contribution >= 0.6 is 0 Å². The molecule has 13 heteroatoms. The van der Waals surface area contributed by atoms with Crippen molar-refractivity contribution in [3.63, 3.8) is 0 Å². The normalized spacial score (nSPS) is 14.2. The van der Waals surface area contributed by atoms with Crippen molar-refractivity contribution in [3.8, 4) is 5.75 Å². The third-order valence-corrected chi connectivity index (χ3v) is 6.51. The second kappa shape index (κ2) is 12.5. The van der Waals surface area contributed by atoms with E-state index in [-0.39, 0.29) is 16.1 Å². The molecule has 0 aromatic heterocycles. The fraction of sp³-hybridized carbons (Fsp3) is 0.391. The van der Waals surface area contributed by atoms with Crippen LogP contribution in [0.1, 0.15) is 43.0 Å². The first kappa shape index (κ1) is 28.8. The molecule has 2 aromatic carbocycles. The molecule has 0 aliphatic carbocycles. The molecule has 0 atom stereocenters. The van der Waals surface area contributed by atoms with Gasteiger partial charge in [-0.25, -0.2) is 18.0 Å². The maximum absolute atomic E-state index is 12.7. The lowest BCUT2D eigenvalue weighted by Gasteiger charge is -2.24. The molecule has 3 N–H and O–H groups in total. The summed E-state index contributed by atoms with van der Waals surface area (Å²) in [5, 5.41) is 16.8. The number of benzene rings is 2. The summed E-state index contributed by atoms with van der Waals surface area (Å²) in [6.45, 7) is 3.95. The van der Waals surface area contributed by atoms with Gasteiger partial charge in [-0.2, -0.15) is 13.2 Å². The first-order chi connectivity index (χ1) is 16.8. The van der Waals surface area contributed by atoms with Crippen LogP contribution in [0.2, 0.25) is 0 Å². The highest BCUT2D eigenvalue weighted by Gasteiger charge is 2.38. The third kappa shape index (κ3) is 8.33. The maximum Gasteiger partial charge on any atom is 0.490 e. The zero-order valence-electron chi connectivity index (χ0n) is 19.4. The first-order valence-electron chi connectivity index (χ1n) is 11.0. The lowest BCUT2D eigenvalue weighted by atomic mass is 10.1. The predicted octanol–water partition coefficient (Wildman–Crippen LogP) is 4.60. The summed E-state index contributed by atoms with van der Waals surface area (Å²) < 4.78 is 64.9. The van der Waals surface area contributed by atoms with Gasteiger partial charge in [0.1, 0.15) is 5.75 Å². The van der Waals surface area contributed by atoms with E-state index in [1.165, 1.54) is 18.2 Å². The van der Waals surface area contributed by atoms with Gasteiger partial charge in [0.15, 0.2) is 0 Å². The van der Waals surface area contributed by atoms with Crippen molar-refractivity contribution in [2.75, 3.05) is 29.3 Å². The molecular formula is C23H27F3N2O7S. The van der Waals surface area contributed by atoms with Crippen molar-refractivity contribution in [3.05, 3.63) is 48.0 Å². The Hall–Kier alpha value is -3.48. The number of carbonyl (C=O) groups is 2. The van der Waals surface area contributed by atoms with Crippen LogP contribution in [-0.4, -0.2) is 56.4 Å². The minimum Gasteiger partial charge on any atom is -0.494 e. The number of hydrogen-bond donors (Lipinski definition) is 3. The average molecular weight is 533 g/mol. The van der Waals surface area contributed by atoms with Crippen LogP contribution in [0.3, 0.4) is 0 Å². The molecular weight excluding hydrogens is 505 g/mol. The number of ether oxygens (including phenoxy) is 1. The van der Waals surface area contributed by atoms with E-state index in [2.05, 4.69) is 9.62 Å². The number of rotatable bonds is 7. The van der Waals surface area contributed by atoms with E-state index < -0.39 is 28.1 Å². The van der Waals surface area contributed by atoms with Crippen LogP contribution in [0.25, 0.3) is 0 Å². The van der Waals surface area contributed by atoms with E-state index >= 15 is 0 Å². The highest BCUT2D eigenvalue weighted by molar-refractivity contribution is 7.92. The first-order valence-corrected chi connectivity index (χ1v) is 12.5. The maximum atomic E-state index is 12.7. The van der Waals surface area contributed by atoms with E-state index in [0.29, 0.717) is 18.0 Å². The van der Waals surface area contributed by atoms with E-state index in [1.54, 1.807) is 24.3 Å². The van der Waals surface area contributed by atoms with Crippen molar-refractivity contribution >= 4 is 33.3 Å². The van der Waals surface area contributed by atoms with E-state index in [0.717, 1.165) is 38.8 Å². The molecule has 9 nitrogen and oxygen atoms in total. The molecule has 1 aliphatic heterocycles. The minimum atomic E-state index is -5.08. The van der Waals surface area contributed by atoms with Gasteiger partial charge < -0.3 is 19.8 Å². The van der Waals surface area contributed by atoms with Crippen LogP contribution in [0.15, 0.2) is 47.4 Å². The van der Waals surface area contributed by atoms with Crippen molar-refractivity contribution in [1.82, 2.24) is 0 Å². The molecule has 0 unspecified atom stereocenters. The highest BCUT2D eigenvalue weighted by Crippen LogP contribution is 2.28. The molecule has 36 heavy (non-hydrogen) atoms. The lowest BCUT2D eigenvalue weighted by Crippen LogP contribution is -2.26. The van der Waals surface area contributed by atoms with Gasteiger partial charge in [-0.15, -0.1) is 0 Å². The SMILES string of the molecule is CCOc1ccc(S(=O)(=O)Nc2ccc(N3CCCCCC3)c(C(=O)O)c2)cc1.O=C(O)C(F)(F)F. The van der Waals surface area contributed by atoms with Gasteiger partial charge in [0, 0.05) is 18.8 Å². The number of carboxylic acid groups (broad SMARTS) is 2. The Labute approximate surface area is 206 Å². The Balaban J connectivity index is 0.000000572. The number of nitrogens with one attached hydrogen (secondary N) is 1. The molecule has 0 saturated carbocycles. The van der Waals surface area contributed by atoms with E-state index in [1.807, 2.05) is 6.92 Å². The lowest BCUT2D eigenvalue weighted by molar-refractivity contribution is -0.192. The summed E-state index contributed by atoms with van der Waals surface area (Å²) in [5.74, 6) is -3.25. The molecule has 0 amide bonds. The van der Waals surface area contributed by atoms with Crippen molar-refractivity contribution in [2.45, 2.75) is 43.7 Å². The van der Waals surface area contributed by atoms with Crippen LogP contribution in [0.4, 0.5) is 24.5 Å². The van der Waals surface area contributed by atoms with Crippen LogP contribution < -0.4 is 14.4 Å². The number of carboxylic acids is 2. The molecule has 3 rings (SSSR count). The Morgan fingerprint density at radius 1 is 1.00 bits per heavy atom. The summed E-state index contributed by atoms with van der Waals surface area (Å²) in [4.78, 5) is 22.9. The summed E-state index contributed by atoms with van der Waals surface area (Å²) in [5.41, 5.74) is 0.942. The molecule has 1 heterocycles. The van der Waals surface area contributed by atoms with Crippen LogP contribution in [0.5, 0.6) is 5.75 Å². The summed E-state index contributed by atoms with van der Waals surface area (Å²) in [6, 6.07) is 10.8. The third-order valence-electron chi connectivity index (χ3n) is 5.11. The van der Waals surface area contributed by atoms with Gasteiger partial charge >= 0.3 is 18.1 Å². The van der Waals surface area contributed by atoms with Gasteiger partial charge in [-0.05, 0) is 62.2 Å². The van der Waals surface area contributed by atoms with Crippen LogP contribution in [0, 0.1) is 0 Å². The zero-order chi connectivity index (χ0) is 26.9. The Bertz CT molecular complexity index is 1150. The fourth-order valence-electron chi connectivity index (χ4n) is 3.45.